The Morgan fingerprint density at radius 1 is 1.29 bits per heavy atom. The molecule has 0 aromatic rings. The lowest BCUT2D eigenvalue weighted by Crippen LogP contribution is -2.34. The molecule has 0 aliphatic heterocycles. The smallest absolute Gasteiger partial charge is 0.300 e. The van der Waals surface area contributed by atoms with E-state index in [1.165, 1.54) is 0 Å². The summed E-state index contributed by atoms with van der Waals surface area (Å²) >= 11 is 0. The zero-order valence-corrected chi connectivity index (χ0v) is 10.0. The average Bonchev–Trinajstić information content (AvgIpc) is 2.00. The zero-order chi connectivity index (χ0) is 11.6. The molecule has 0 saturated heterocycles. The lowest BCUT2D eigenvalue weighted by Gasteiger charge is -2.35. The molecule has 14 heavy (non-hydrogen) atoms. The van der Waals surface area contributed by atoms with E-state index in [1.54, 1.807) is 13.8 Å². The van der Waals surface area contributed by atoms with Crippen molar-refractivity contribution in [2.24, 2.45) is 16.7 Å². The molecule has 0 spiro atoms. The van der Waals surface area contributed by atoms with Crippen molar-refractivity contribution < 1.29 is 14.9 Å². The highest BCUT2D eigenvalue weighted by atomic mass is 17.1. The van der Waals surface area contributed by atoms with Crippen molar-refractivity contribution in [1.29, 1.82) is 0 Å². The molecule has 0 aliphatic carbocycles. The van der Waals surface area contributed by atoms with Gasteiger partial charge in [0.05, 0.1) is 5.41 Å². The van der Waals surface area contributed by atoms with E-state index in [1.807, 2.05) is 0 Å². The Morgan fingerprint density at radius 2 is 1.71 bits per heavy atom. The van der Waals surface area contributed by atoms with Crippen LogP contribution in [0.15, 0.2) is 0 Å². The van der Waals surface area contributed by atoms with Crippen LogP contribution in [0.4, 0.5) is 0 Å². The molecular formula is C11H22O3. The minimum absolute atomic E-state index is 0.0533. The second-order valence-electron chi connectivity index (χ2n) is 5.58. The third-order valence-electron chi connectivity index (χ3n) is 3.10. The standard InChI is InChI=1S/C11H22O3/c1-8(2)10(3,4)7-11(5,6)9(12)14-13/h8,13H,7H2,1-6H3. The molecule has 0 heterocycles. The predicted molar refractivity (Wildman–Crippen MR) is 55.7 cm³/mol. The van der Waals surface area contributed by atoms with Crippen LogP contribution in [0.3, 0.4) is 0 Å². The zero-order valence-electron chi connectivity index (χ0n) is 10.0. The largest absolute Gasteiger partial charge is 0.347 e. The summed E-state index contributed by atoms with van der Waals surface area (Å²) in [5, 5.41) is 8.36. The molecule has 0 aromatic heterocycles. The summed E-state index contributed by atoms with van der Waals surface area (Å²) in [6.45, 7) is 12.1. The Balaban J connectivity index is 4.58. The van der Waals surface area contributed by atoms with E-state index in [0.29, 0.717) is 12.3 Å². The minimum Gasteiger partial charge on any atom is -0.300 e. The molecule has 0 unspecified atom stereocenters. The first-order valence-corrected chi connectivity index (χ1v) is 4.99. The topological polar surface area (TPSA) is 46.5 Å². The number of hydrogen-bond donors (Lipinski definition) is 1. The van der Waals surface area contributed by atoms with Gasteiger partial charge in [-0.3, -0.25) is 0 Å². The third kappa shape index (κ3) is 3.29. The molecule has 0 radical (unpaired) electrons. The van der Waals surface area contributed by atoms with Gasteiger partial charge in [-0.25, -0.2) is 4.79 Å². The Labute approximate surface area is 86.4 Å². The Hall–Kier alpha value is -0.570. The van der Waals surface area contributed by atoms with Crippen LogP contribution in [-0.2, 0) is 9.68 Å². The molecule has 1 N–H and O–H groups in total. The summed E-state index contributed by atoms with van der Waals surface area (Å²) in [7, 11) is 0. The first-order valence-electron chi connectivity index (χ1n) is 4.99. The predicted octanol–water partition coefficient (Wildman–Crippen LogP) is 3.10. The summed E-state index contributed by atoms with van der Waals surface area (Å²) in [5.74, 6) is -0.0838. The van der Waals surface area contributed by atoms with Crippen molar-refractivity contribution in [3.05, 3.63) is 0 Å². The maximum atomic E-state index is 11.3. The van der Waals surface area contributed by atoms with Crippen LogP contribution in [-0.4, -0.2) is 11.2 Å². The molecule has 3 nitrogen and oxygen atoms in total. The summed E-state index contributed by atoms with van der Waals surface area (Å²) in [5.41, 5.74) is -0.583. The monoisotopic (exact) mass is 202 g/mol. The normalized spacial score (nSPS) is 13.1. The maximum absolute atomic E-state index is 11.3. The first-order chi connectivity index (χ1) is 6.13. The van der Waals surface area contributed by atoms with Crippen molar-refractivity contribution >= 4 is 5.97 Å². The molecule has 0 amide bonds. The molecule has 0 saturated carbocycles. The fourth-order valence-corrected chi connectivity index (χ4v) is 1.54. The van der Waals surface area contributed by atoms with E-state index < -0.39 is 11.4 Å². The van der Waals surface area contributed by atoms with Gasteiger partial charge in [0.15, 0.2) is 0 Å². The van der Waals surface area contributed by atoms with E-state index in [9.17, 15) is 4.79 Å². The molecule has 0 aromatic carbocycles. The van der Waals surface area contributed by atoms with Gasteiger partial charge in [-0.05, 0) is 31.6 Å². The van der Waals surface area contributed by atoms with Crippen molar-refractivity contribution in [1.82, 2.24) is 0 Å². The van der Waals surface area contributed by atoms with E-state index >= 15 is 0 Å². The fraction of sp³-hybridized carbons (Fsp3) is 0.909. The average molecular weight is 202 g/mol. The molecular weight excluding hydrogens is 180 g/mol. The van der Waals surface area contributed by atoms with E-state index in [2.05, 4.69) is 32.6 Å². The second-order valence-corrected chi connectivity index (χ2v) is 5.58. The molecule has 0 atom stereocenters. The SMILES string of the molecule is CC(C)C(C)(C)CC(C)(C)C(=O)OO. The number of hydrogen-bond acceptors (Lipinski definition) is 3. The Bertz CT molecular complexity index is 205. The van der Waals surface area contributed by atoms with Crippen LogP contribution >= 0.6 is 0 Å². The number of carbonyl (C=O) groups is 1. The van der Waals surface area contributed by atoms with Crippen LogP contribution in [0, 0.1) is 16.7 Å². The van der Waals surface area contributed by atoms with Crippen LogP contribution in [0.2, 0.25) is 0 Å². The third-order valence-corrected chi connectivity index (χ3v) is 3.10. The van der Waals surface area contributed by atoms with Crippen LogP contribution in [0.5, 0.6) is 0 Å². The molecule has 0 aliphatic rings. The highest BCUT2D eigenvalue weighted by Gasteiger charge is 2.37. The van der Waals surface area contributed by atoms with Gasteiger partial charge < -0.3 is 4.89 Å². The van der Waals surface area contributed by atoms with Gasteiger partial charge in [-0.15, -0.1) is 0 Å². The Morgan fingerprint density at radius 3 is 2.00 bits per heavy atom. The van der Waals surface area contributed by atoms with Crippen molar-refractivity contribution in [3.8, 4) is 0 Å². The van der Waals surface area contributed by atoms with Gasteiger partial charge in [0, 0.05) is 0 Å². The molecule has 3 heteroatoms. The molecule has 0 rings (SSSR count). The summed E-state index contributed by atoms with van der Waals surface area (Å²) in [6.07, 6.45) is 0.692. The van der Waals surface area contributed by atoms with E-state index in [0.717, 1.165) is 0 Å². The summed E-state index contributed by atoms with van der Waals surface area (Å²) in [6, 6.07) is 0. The highest BCUT2D eigenvalue weighted by Crippen LogP contribution is 2.39. The van der Waals surface area contributed by atoms with Gasteiger partial charge in [0.2, 0.25) is 0 Å². The van der Waals surface area contributed by atoms with E-state index in [4.69, 9.17) is 5.26 Å². The fourth-order valence-electron chi connectivity index (χ4n) is 1.54. The second kappa shape index (κ2) is 4.30. The lowest BCUT2D eigenvalue weighted by molar-refractivity contribution is -0.245. The van der Waals surface area contributed by atoms with Crippen LogP contribution in [0.1, 0.15) is 48.0 Å². The highest BCUT2D eigenvalue weighted by molar-refractivity contribution is 5.75. The maximum Gasteiger partial charge on any atom is 0.347 e. The van der Waals surface area contributed by atoms with Crippen LogP contribution < -0.4 is 0 Å². The molecule has 0 fully saturated rings. The lowest BCUT2D eigenvalue weighted by atomic mass is 9.69. The van der Waals surface area contributed by atoms with Crippen molar-refractivity contribution in [2.45, 2.75) is 48.0 Å². The Kier molecular flexibility index (Phi) is 4.13. The van der Waals surface area contributed by atoms with Gasteiger partial charge in [0.1, 0.15) is 0 Å². The van der Waals surface area contributed by atoms with Gasteiger partial charge in [-0.2, -0.15) is 5.26 Å². The van der Waals surface area contributed by atoms with Crippen LogP contribution in [0.25, 0.3) is 0 Å². The van der Waals surface area contributed by atoms with Crippen molar-refractivity contribution in [2.75, 3.05) is 0 Å². The minimum atomic E-state index is -0.636. The van der Waals surface area contributed by atoms with Crippen molar-refractivity contribution in [3.63, 3.8) is 0 Å². The number of rotatable bonds is 4. The molecule has 84 valence electrons. The van der Waals surface area contributed by atoms with E-state index in [-0.39, 0.29) is 5.41 Å². The van der Waals surface area contributed by atoms with Gasteiger partial charge in [0.25, 0.3) is 0 Å². The number of carbonyl (C=O) groups excluding carboxylic acids is 1. The van der Waals surface area contributed by atoms with Gasteiger partial charge in [-0.1, -0.05) is 27.7 Å². The summed E-state index contributed by atoms with van der Waals surface area (Å²) in [4.78, 5) is 15.1. The van der Waals surface area contributed by atoms with Gasteiger partial charge >= 0.3 is 5.97 Å². The quantitative estimate of drug-likeness (QED) is 0.563. The molecule has 0 bridgehead atoms. The first kappa shape index (κ1) is 13.4. The summed E-state index contributed by atoms with van der Waals surface area (Å²) < 4.78 is 0.